The summed E-state index contributed by atoms with van der Waals surface area (Å²) in [5, 5.41) is 8.36. The number of nitrogens with one attached hydrogen (secondary N) is 1. The van der Waals surface area contributed by atoms with E-state index in [0.29, 0.717) is 18.7 Å². The van der Waals surface area contributed by atoms with E-state index in [1.54, 1.807) is 10.5 Å². The highest BCUT2D eigenvalue weighted by Gasteiger charge is 2.43. The quantitative estimate of drug-likeness (QED) is 0.768. The summed E-state index contributed by atoms with van der Waals surface area (Å²) in [6.45, 7) is 1.06. The van der Waals surface area contributed by atoms with E-state index >= 15 is 0 Å². The van der Waals surface area contributed by atoms with Crippen LogP contribution < -0.4 is 0 Å². The molecule has 3 aromatic rings. The maximum Gasteiger partial charge on any atom is 0.217 e. The monoisotopic (exact) mass is 332 g/mol. The zero-order valence-electron chi connectivity index (χ0n) is 12.4. The fourth-order valence-corrected chi connectivity index (χ4v) is 5.31. The number of hydrogen-bond donors (Lipinski definition) is 1. The highest BCUT2D eigenvalue weighted by molar-refractivity contribution is 7.90. The molecule has 120 valence electrons. The second-order valence-electron chi connectivity index (χ2n) is 6.31. The molecule has 8 nitrogen and oxygen atoms in total. The van der Waals surface area contributed by atoms with Crippen LogP contribution in [0.4, 0.5) is 0 Å². The van der Waals surface area contributed by atoms with E-state index in [4.69, 9.17) is 0 Å². The highest BCUT2D eigenvalue weighted by Crippen LogP contribution is 2.36. The maximum absolute atomic E-state index is 12.4. The van der Waals surface area contributed by atoms with Gasteiger partial charge in [0.25, 0.3) is 0 Å². The Labute approximate surface area is 132 Å². The van der Waals surface area contributed by atoms with Gasteiger partial charge >= 0.3 is 0 Å². The first kappa shape index (κ1) is 13.4. The standard InChI is InChI=1S/C14H16N6O2S/c21-23(22,10-1-2-10)19-6-4-9(8-19)14-18-17-12-7-16-13-11(20(12)14)3-5-15-13/h3,5,7,9-10,15H,1-2,4,6,8H2/t9-/m1/s1. The van der Waals surface area contributed by atoms with E-state index in [1.807, 2.05) is 16.7 Å². The van der Waals surface area contributed by atoms with Crippen molar-refractivity contribution in [3.63, 3.8) is 0 Å². The van der Waals surface area contributed by atoms with Gasteiger partial charge in [-0.15, -0.1) is 10.2 Å². The first-order valence-electron chi connectivity index (χ1n) is 7.80. The number of aromatic nitrogens is 5. The Hall–Kier alpha value is -2.00. The third kappa shape index (κ3) is 1.93. The van der Waals surface area contributed by atoms with Crippen LogP contribution >= 0.6 is 0 Å². The van der Waals surface area contributed by atoms with Crippen molar-refractivity contribution in [3.8, 4) is 0 Å². The van der Waals surface area contributed by atoms with Gasteiger partial charge in [0, 0.05) is 25.2 Å². The second-order valence-corrected chi connectivity index (χ2v) is 8.52. The van der Waals surface area contributed by atoms with Crippen LogP contribution in [-0.4, -0.2) is 55.6 Å². The van der Waals surface area contributed by atoms with Gasteiger partial charge in [0.1, 0.15) is 5.82 Å². The van der Waals surface area contributed by atoms with Crippen molar-refractivity contribution in [2.24, 2.45) is 0 Å². The summed E-state index contributed by atoms with van der Waals surface area (Å²) in [5.41, 5.74) is 2.39. The molecule has 1 N–H and O–H groups in total. The molecule has 0 aromatic carbocycles. The minimum atomic E-state index is -3.12. The van der Waals surface area contributed by atoms with Gasteiger partial charge in [-0.3, -0.25) is 4.40 Å². The molecule has 1 saturated heterocycles. The summed E-state index contributed by atoms with van der Waals surface area (Å²) < 4.78 is 28.4. The van der Waals surface area contributed by atoms with Gasteiger partial charge < -0.3 is 4.98 Å². The molecule has 4 heterocycles. The van der Waals surface area contributed by atoms with Gasteiger partial charge in [-0.05, 0) is 25.3 Å². The molecule has 3 aromatic heterocycles. The number of H-pyrrole nitrogens is 1. The summed E-state index contributed by atoms with van der Waals surface area (Å²) in [7, 11) is -3.12. The van der Waals surface area contributed by atoms with Crippen LogP contribution in [0.3, 0.4) is 0 Å². The van der Waals surface area contributed by atoms with E-state index in [0.717, 1.165) is 36.3 Å². The average Bonchev–Trinajstić information content (AvgIpc) is 2.98. The summed E-state index contributed by atoms with van der Waals surface area (Å²) >= 11 is 0. The second kappa shape index (κ2) is 4.51. The van der Waals surface area contributed by atoms with Crippen LogP contribution in [0.25, 0.3) is 16.8 Å². The average molecular weight is 332 g/mol. The van der Waals surface area contributed by atoms with E-state index in [-0.39, 0.29) is 11.2 Å². The molecule has 5 rings (SSSR count). The molecule has 1 aliphatic heterocycles. The van der Waals surface area contributed by atoms with Crippen molar-refractivity contribution in [2.75, 3.05) is 13.1 Å². The van der Waals surface area contributed by atoms with E-state index in [2.05, 4.69) is 20.2 Å². The number of sulfonamides is 1. The molecular weight excluding hydrogens is 316 g/mol. The Kier molecular flexibility index (Phi) is 2.64. The molecule has 2 aliphatic rings. The zero-order valence-corrected chi connectivity index (χ0v) is 13.2. The van der Waals surface area contributed by atoms with Crippen LogP contribution in [-0.2, 0) is 10.0 Å². The highest BCUT2D eigenvalue weighted by atomic mass is 32.2. The van der Waals surface area contributed by atoms with Crippen LogP contribution in [0.2, 0.25) is 0 Å². The largest absolute Gasteiger partial charge is 0.345 e. The van der Waals surface area contributed by atoms with Gasteiger partial charge in [0.2, 0.25) is 10.0 Å². The molecular formula is C14H16N6O2S. The van der Waals surface area contributed by atoms with Crippen molar-refractivity contribution >= 4 is 26.8 Å². The minimum absolute atomic E-state index is 0.0685. The molecule has 9 heteroatoms. The van der Waals surface area contributed by atoms with Crippen molar-refractivity contribution in [2.45, 2.75) is 30.4 Å². The van der Waals surface area contributed by atoms with Crippen LogP contribution in [0.15, 0.2) is 18.5 Å². The molecule has 1 atom stereocenters. The Bertz CT molecular complexity index is 1000. The first-order valence-corrected chi connectivity index (χ1v) is 9.31. The number of fused-ring (bicyclic) bond motifs is 3. The van der Waals surface area contributed by atoms with Crippen LogP contribution in [0, 0.1) is 0 Å². The lowest BCUT2D eigenvalue weighted by atomic mass is 10.1. The molecule has 23 heavy (non-hydrogen) atoms. The van der Waals surface area contributed by atoms with E-state index in [1.165, 1.54) is 0 Å². The fraction of sp³-hybridized carbons (Fsp3) is 0.500. The summed E-state index contributed by atoms with van der Waals surface area (Å²) in [6, 6.07) is 1.94. The molecule has 2 fully saturated rings. The topological polar surface area (TPSA) is 96.2 Å². The Morgan fingerprint density at radius 1 is 1.22 bits per heavy atom. The zero-order chi connectivity index (χ0) is 15.6. The van der Waals surface area contributed by atoms with E-state index in [9.17, 15) is 8.42 Å². The Morgan fingerprint density at radius 2 is 2.09 bits per heavy atom. The maximum atomic E-state index is 12.4. The molecule has 0 spiro atoms. The predicted octanol–water partition coefficient (Wildman–Crippen LogP) is 0.887. The van der Waals surface area contributed by atoms with Gasteiger partial charge in [0.15, 0.2) is 11.3 Å². The SMILES string of the molecule is O=S(=O)(C1CC1)N1CC[C@@H](c2nnc3cnc4[nH]ccc4n23)C1. The van der Waals surface area contributed by atoms with Gasteiger partial charge in [0.05, 0.1) is 17.0 Å². The van der Waals surface area contributed by atoms with Crippen molar-refractivity contribution in [1.29, 1.82) is 0 Å². The molecule has 0 bridgehead atoms. The molecule has 0 amide bonds. The number of rotatable bonds is 3. The smallest absolute Gasteiger partial charge is 0.217 e. The summed E-state index contributed by atoms with van der Waals surface area (Å²) in [5.74, 6) is 0.888. The van der Waals surface area contributed by atoms with Crippen molar-refractivity contribution in [1.82, 2.24) is 28.9 Å². The molecule has 0 radical (unpaired) electrons. The van der Waals surface area contributed by atoms with Crippen LogP contribution in [0.5, 0.6) is 0 Å². The van der Waals surface area contributed by atoms with Crippen molar-refractivity contribution in [3.05, 3.63) is 24.3 Å². The fourth-order valence-electron chi connectivity index (χ4n) is 3.41. The lowest BCUT2D eigenvalue weighted by Crippen LogP contribution is -2.31. The number of aromatic amines is 1. The third-order valence-electron chi connectivity index (χ3n) is 4.79. The van der Waals surface area contributed by atoms with Crippen LogP contribution in [0.1, 0.15) is 31.0 Å². The number of nitrogens with zero attached hydrogens (tertiary/aromatic N) is 5. The van der Waals surface area contributed by atoms with E-state index < -0.39 is 10.0 Å². The third-order valence-corrected chi connectivity index (χ3v) is 7.15. The normalized spacial score (nSPS) is 23.2. The molecule has 0 unspecified atom stereocenters. The minimum Gasteiger partial charge on any atom is -0.345 e. The van der Waals surface area contributed by atoms with Gasteiger partial charge in [-0.1, -0.05) is 0 Å². The predicted molar refractivity (Wildman–Crippen MR) is 83.5 cm³/mol. The lowest BCUT2D eigenvalue weighted by Gasteiger charge is -2.15. The summed E-state index contributed by atoms with van der Waals surface area (Å²) in [6.07, 6.45) is 5.89. The number of hydrogen-bond acceptors (Lipinski definition) is 5. The first-order chi connectivity index (χ1) is 11.1. The molecule has 1 saturated carbocycles. The summed E-state index contributed by atoms with van der Waals surface area (Å²) in [4.78, 5) is 7.39. The Morgan fingerprint density at radius 3 is 2.91 bits per heavy atom. The lowest BCUT2D eigenvalue weighted by molar-refractivity contribution is 0.469. The molecule has 1 aliphatic carbocycles. The van der Waals surface area contributed by atoms with Crippen molar-refractivity contribution < 1.29 is 8.42 Å². The van der Waals surface area contributed by atoms with Gasteiger partial charge in [-0.2, -0.15) is 0 Å². The Balaban J connectivity index is 1.55. The van der Waals surface area contributed by atoms with Gasteiger partial charge in [-0.25, -0.2) is 17.7 Å².